The van der Waals surface area contributed by atoms with Crippen LogP contribution >= 0.6 is 27.3 Å². The van der Waals surface area contributed by atoms with Gasteiger partial charge in [-0.1, -0.05) is 35.3 Å². The lowest BCUT2D eigenvalue weighted by Crippen LogP contribution is -2.12. The summed E-state index contributed by atoms with van der Waals surface area (Å²) in [5.41, 5.74) is 0. The van der Waals surface area contributed by atoms with Gasteiger partial charge in [-0.2, -0.15) is 0 Å². The predicted octanol–water partition coefficient (Wildman–Crippen LogP) is 4.12. The highest BCUT2D eigenvalue weighted by atomic mass is 79.9. The van der Waals surface area contributed by atoms with Gasteiger partial charge in [0.1, 0.15) is 0 Å². The van der Waals surface area contributed by atoms with Crippen LogP contribution in [0.4, 0.5) is 0 Å². The Bertz CT molecular complexity index is 236. The van der Waals surface area contributed by atoms with Crippen LogP contribution in [-0.2, 0) is 11.2 Å². The van der Waals surface area contributed by atoms with Crippen molar-refractivity contribution < 1.29 is 4.74 Å². The van der Waals surface area contributed by atoms with E-state index in [9.17, 15) is 0 Å². The fraction of sp³-hybridized carbons (Fsp3) is 0.667. The minimum atomic E-state index is 0.679. The molecular formula is C12H19BrOS. The van der Waals surface area contributed by atoms with Gasteiger partial charge >= 0.3 is 0 Å². The van der Waals surface area contributed by atoms with Crippen molar-refractivity contribution in [3.8, 4) is 0 Å². The van der Waals surface area contributed by atoms with E-state index in [1.165, 1.54) is 17.7 Å². The lowest BCUT2D eigenvalue weighted by Gasteiger charge is -2.12. The van der Waals surface area contributed by atoms with Crippen molar-refractivity contribution in [1.82, 2.24) is 0 Å². The number of alkyl halides is 1. The number of ether oxygens (including phenoxy) is 1. The maximum absolute atomic E-state index is 5.69. The van der Waals surface area contributed by atoms with E-state index in [1.807, 2.05) is 11.3 Å². The third-order valence-electron chi connectivity index (χ3n) is 2.34. The molecule has 0 amide bonds. The second-order valence-electron chi connectivity index (χ2n) is 3.71. The Kier molecular flexibility index (Phi) is 7.32. The molecule has 1 heterocycles. The molecule has 1 rings (SSSR count). The van der Waals surface area contributed by atoms with Crippen molar-refractivity contribution in [2.45, 2.75) is 26.2 Å². The van der Waals surface area contributed by atoms with Gasteiger partial charge in [0, 0.05) is 16.6 Å². The number of thiophene rings is 1. The lowest BCUT2D eigenvalue weighted by molar-refractivity contribution is 0.106. The van der Waals surface area contributed by atoms with Gasteiger partial charge in [0.05, 0.1) is 13.2 Å². The molecule has 0 aliphatic carbocycles. The maximum Gasteiger partial charge on any atom is 0.0514 e. The lowest BCUT2D eigenvalue weighted by atomic mass is 10.1. The quantitative estimate of drug-likeness (QED) is 0.517. The summed E-state index contributed by atoms with van der Waals surface area (Å²) in [6.45, 7) is 3.97. The minimum absolute atomic E-state index is 0.679. The van der Waals surface area contributed by atoms with Crippen molar-refractivity contribution in [3.63, 3.8) is 0 Å². The van der Waals surface area contributed by atoms with Gasteiger partial charge in [0.15, 0.2) is 0 Å². The Morgan fingerprint density at radius 3 is 3.00 bits per heavy atom. The molecule has 15 heavy (non-hydrogen) atoms. The first-order valence-electron chi connectivity index (χ1n) is 5.53. The van der Waals surface area contributed by atoms with Gasteiger partial charge in [0.25, 0.3) is 0 Å². The SMILES string of the molecule is CCCC(CBr)COCCc1cccs1. The Morgan fingerprint density at radius 2 is 2.40 bits per heavy atom. The van der Waals surface area contributed by atoms with Crippen molar-refractivity contribution >= 4 is 27.3 Å². The first-order chi connectivity index (χ1) is 7.36. The molecule has 0 spiro atoms. The Morgan fingerprint density at radius 1 is 1.53 bits per heavy atom. The van der Waals surface area contributed by atoms with E-state index >= 15 is 0 Å². The Hall–Kier alpha value is 0.140. The summed E-state index contributed by atoms with van der Waals surface area (Å²) in [7, 11) is 0. The molecule has 0 saturated heterocycles. The smallest absolute Gasteiger partial charge is 0.0514 e. The number of halogens is 1. The monoisotopic (exact) mass is 290 g/mol. The molecule has 0 radical (unpaired) electrons. The summed E-state index contributed by atoms with van der Waals surface area (Å²) < 4.78 is 5.69. The van der Waals surface area contributed by atoms with Crippen LogP contribution in [0.2, 0.25) is 0 Å². The molecule has 1 nitrogen and oxygen atoms in total. The second-order valence-corrected chi connectivity index (χ2v) is 5.39. The summed E-state index contributed by atoms with van der Waals surface area (Å²) in [5.74, 6) is 0.679. The topological polar surface area (TPSA) is 9.23 Å². The van der Waals surface area contributed by atoms with Crippen LogP contribution in [0.5, 0.6) is 0 Å². The van der Waals surface area contributed by atoms with Gasteiger partial charge in [0.2, 0.25) is 0 Å². The fourth-order valence-corrected chi connectivity index (χ4v) is 2.69. The van der Waals surface area contributed by atoms with Crippen LogP contribution < -0.4 is 0 Å². The minimum Gasteiger partial charge on any atom is -0.381 e. The first-order valence-corrected chi connectivity index (χ1v) is 7.53. The molecule has 0 aliphatic rings. The average molecular weight is 291 g/mol. The third kappa shape index (κ3) is 5.69. The van der Waals surface area contributed by atoms with E-state index in [2.05, 4.69) is 40.4 Å². The van der Waals surface area contributed by atoms with Gasteiger partial charge in [-0.3, -0.25) is 0 Å². The molecule has 86 valence electrons. The maximum atomic E-state index is 5.69. The molecule has 0 N–H and O–H groups in total. The molecule has 1 aromatic heterocycles. The van der Waals surface area contributed by atoms with Crippen molar-refractivity contribution in [3.05, 3.63) is 22.4 Å². The van der Waals surface area contributed by atoms with Gasteiger partial charge in [-0.25, -0.2) is 0 Å². The summed E-state index contributed by atoms with van der Waals surface area (Å²) in [6, 6.07) is 4.26. The highest BCUT2D eigenvalue weighted by Gasteiger charge is 2.05. The normalized spacial score (nSPS) is 12.9. The van der Waals surface area contributed by atoms with E-state index in [0.717, 1.165) is 25.0 Å². The highest BCUT2D eigenvalue weighted by molar-refractivity contribution is 9.09. The molecule has 0 saturated carbocycles. The molecule has 0 aliphatic heterocycles. The number of rotatable bonds is 8. The van der Waals surface area contributed by atoms with Gasteiger partial charge in [-0.05, 0) is 23.8 Å². The van der Waals surface area contributed by atoms with Crippen molar-refractivity contribution in [2.24, 2.45) is 5.92 Å². The van der Waals surface area contributed by atoms with Crippen LogP contribution in [0.15, 0.2) is 17.5 Å². The first kappa shape index (κ1) is 13.2. The third-order valence-corrected chi connectivity index (χ3v) is 4.19. The average Bonchev–Trinajstić information content (AvgIpc) is 2.75. The Balaban J connectivity index is 2.05. The van der Waals surface area contributed by atoms with Crippen LogP contribution in [0.1, 0.15) is 24.6 Å². The molecule has 1 atom stereocenters. The molecule has 0 fully saturated rings. The van der Waals surface area contributed by atoms with E-state index in [4.69, 9.17) is 4.74 Å². The van der Waals surface area contributed by atoms with Crippen LogP contribution in [0, 0.1) is 5.92 Å². The summed E-state index contributed by atoms with van der Waals surface area (Å²) in [6.07, 6.45) is 3.55. The zero-order chi connectivity index (χ0) is 10.9. The standard InChI is InChI=1S/C12H19BrOS/c1-2-4-11(9-13)10-14-7-6-12-5-3-8-15-12/h3,5,8,11H,2,4,6-7,9-10H2,1H3. The van der Waals surface area contributed by atoms with E-state index < -0.39 is 0 Å². The Labute approximate surface area is 105 Å². The molecule has 0 aromatic carbocycles. The summed E-state index contributed by atoms with van der Waals surface area (Å²) in [5, 5.41) is 3.17. The van der Waals surface area contributed by atoms with E-state index in [-0.39, 0.29) is 0 Å². The van der Waals surface area contributed by atoms with Gasteiger partial charge < -0.3 is 4.74 Å². The highest BCUT2D eigenvalue weighted by Crippen LogP contribution is 2.12. The van der Waals surface area contributed by atoms with Crippen molar-refractivity contribution in [1.29, 1.82) is 0 Å². The van der Waals surface area contributed by atoms with Crippen LogP contribution in [0.25, 0.3) is 0 Å². The summed E-state index contributed by atoms with van der Waals surface area (Å²) in [4.78, 5) is 1.42. The fourth-order valence-electron chi connectivity index (χ4n) is 1.49. The van der Waals surface area contributed by atoms with Gasteiger partial charge in [-0.15, -0.1) is 11.3 Å². The molecule has 1 unspecified atom stereocenters. The van der Waals surface area contributed by atoms with Crippen molar-refractivity contribution in [2.75, 3.05) is 18.5 Å². The summed E-state index contributed by atoms with van der Waals surface area (Å²) >= 11 is 5.34. The van der Waals surface area contributed by atoms with E-state index in [0.29, 0.717) is 5.92 Å². The second kappa shape index (κ2) is 8.31. The van der Waals surface area contributed by atoms with E-state index in [1.54, 1.807) is 0 Å². The molecule has 0 bridgehead atoms. The van der Waals surface area contributed by atoms with Crippen LogP contribution in [0.3, 0.4) is 0 Å². The predicted molar refractivity (Wildman–Crippen MR) is 71.0 cm³/mol. The largest absolute Gasteiger partial charge is 0.381 e. The molecular weight excluding hydrogens is 272 g/mol. The molecule has 1 aromatic rings. The number of hydrogen-bond donors (Lipinski definition) is 0. The number of hydrogen-bond acceptors (Lipinski definition) is 2. The molecule has 3 heteroatoms. The zero-order valence-corrected chi connectivity index (χ0v) is 11.6. The van der Waals surface area contributed by atoms with Crippen LogP contribution in [-0.4, -0.2) is 18.5 Å². The zero-order valence-electron chi connectivity index (χ0n) is 9.25.